The minimum Gasteiger partial charge on any atom is -0.480 e. The number of carboxylic acid groups (broad SMARTS) is 1. The van der Waals surface area contributed by atoms with Gasteiger partial charge in [0.2, 0.25) is 0 Å². The average Bonchev–Trinajstić information content (AvgIpc) is 2.33. The van der Waals surface area contributed by atoms with Crippen LogP contribution in [0.1, 0.15) is 19.4 Å². The highest BCUT2D eigenvalue weighted by Gasteiger charge is 2.19. The van der Waals surface area contributed by atoms with Crippen LogP contribution < -0.4 is 5.56 Å². The molecule has 5 heteroatoms. The Morgan fingerprint density at radius 2 is 2.18 bits per heavy atom. The number of carbonyl (C=O) groups is 1. The number of hydrogen-bond acceptors (Lipinski definition) is 3. The predicted octanol–water partition coefficient (Wildman–Crippen LogP) is 1.43. The van der Waals surface area contributed by atoms with Gasteiger partial charge in [0, 0.05) is 0 Å². The molecule has 2 aromatic rings. The van der Waals surface area contributed by atoms with Crippen molar-refractivity contribution in [2.75, 3.05) is 0 Å². The van der Waals surface area contributed by atoms with Gasteiger partial charge in [0.15, 0.2) is 0 Å². The maximum absolute atomic E-state index is 12.1. The summed E-state index contributed by atoms with van der Waals surface area (Å²) >= 11 is 0. The third kappa shape index (κ3) is 1.91. The number of nitrogens with zero attached hydrogens (tertiary/aromatic N) is 2. The first-order valence-electron chi connectivity index (χ1n) is 5.34. The van der Waals surface area contributed by atoms with E-state index in [0.29, 0.717) is 17.3 Å². The lowest BCUT2D eigenvalue weighted by molar-refractivity contribution is -0.141. The molecule has 1 heterocycles. The van der Waals surface area contributed by atoms with Crippen LogP contribution in [0.2, 0.25) is 0 Å². The Balaban J connectivity index is 2.68. The third-order valence-electron chi connectivity index (χ3n) is 2.70. The van der Waals surface area contributed by atoms with Gasteiger partial charge in [-0.25, -0.2) is 9.78 Å². The zero-order valence-electron chi connectivity index (χ0n) is 9.33. The molecule has 5 nitrogen and oxygen atoms in total. The minimum atomic E-state index is -1.02. The van der Waals surface area contributed by atoms with Crippen molar-refractivity contribution in [1.29, 1.82) is 0 Å². The van der Waals surface area contributed by atoms with Crippen molar-refractivity contribution < 1.29 is 9.90 Å². The van der Waals surface area contributed by atoms with Crippen molar-refractivity contribution in [2.45, 2.75) is 19.4 Å². The number of rotatable bonds is 3. The van der Waals surface area contributed by atoms with Gasteiger partial charge in [0.1, 0.15) is 6.04 Å². The van der Waals surface area contributed by atoms with Crippen LogP contribution in [0.3, 0.4) is 0 Å². The number of para-hydroxylation sites is 1. The molecule has 1 aromatic carbocycles. The molecule has 2 rings (SSSR count). The van der Waals surface area contributed by atoms with Crippen LogP contribution >= 0.6 is 0 Å². The molecule has 0 saturated carbocycles. The van der Waals surface area contributed by atoms with Gasteiger partial charge >= 0.3 is 5.97 Å². The van der Waals surface area contributed by atoms with Crippen molar-refractivity contribution in [3.8, 4) is 0 Å². The molecule has 0 aliphatic carbocycles. The third-order valence-corrected chi connectivity index (χ3v) is 2.70. The second kappa shape index (κ2) is 4.37. The van der Waals surface area contributed by atoms with Gasteiger partial charge in [0.25, 0.3) is 5.56 Å². The second-order valence-corrected chi connectivity index (χ2v) is 3.74. The van der Waals surface area contributed by atoms with Crippen molar-refractivity contribution in [1.82, 2.24) is 9.55 Å². The standard InChI is InChI=1S/C12H12N2O3/c1-2-10(12(16)17)14-7-13-9-6-4-3-5-8(9)11(14)15/h3-7,10H,2H2,1H3,(H,16,17). The molecule has 0 saturated heterocycles. The number of aliphatic carboxylic acids is 1. The van der Waals surface area contributed by atoms with Crippen molar-refractivity contribution in [3.05, 3.63) is 40.9 Å². The fourth-order valence-corrected chi connectivity index (χ4v) is 1.80. The lowest BCUT2D eigenvalue weighted by Crippen LogP contribution is -2.29. The van der Waals surface area contributed by atoms with E-state index >= 15 is 0 Å². The van der Waals surface area contributed by atoms with Crippen molar-refractivity contribution in [3.63, 3.8) is 0 Å². The maximum atomic E-state index is 12.1. The molecule has 0 radical (unpaired) electrons. The minimum absolute atomic E-state index is 0.315. The van der Waals surface area contributed by atoms with E-state index in [9.17, 15) is 9.59 Å². The van der Waals surface area contributed by atoms with Crippen molar-refractivity contribution >= 4 is 16.9 Å². The van der Waals surface area contributed by atoms with Gasteiger partial charge in [-0.1, -0.05) is 19.1 Å². The summed E-state index contributed by atoms with van der Waals surface area (Å²) in [6.45, 7) is 1.72. The summed E-state index contributed by atoms with van der Waals surface area (Å²) in [6.07, 6.45) is 1.64. The summed E-state index contributed by atoms with van der Waals surface area (Å²) < 4.78 is 1.17. The highest BCUT2D eigenvalue weighted by atomic mass is 16.4. The predicted molar refractivity (Wildman–Crippen MR) is 63.0 cm³/mol. The second-order valence-electron chi connectivity index (χ2n) is 3.74. The first kappa shape index (κ1) is 11.3. The van der Waals surface area contributed by atoms with Crippen LogP contribution in [0.25, 0.3) is 10.9 Å². The maximum Gasteiger partial charge on any atom is 0.326 e. The lowest BCUT2D eigenvalue weighted by Gasteiger charge is -2.13. The summed E-state index contributed by atoms with van der Waals surface area (Å²) in [5.74, 6) is -1.02. The smallest absolute Gasteiger partial charge is 0.326 e. The van der Waals surface area contributed by atoms with Gasteiger partial charge in [-0.05, 0) is 18.6 Å². The first-order chi connectivity index (χ1) is 8.15. The lowest BCUT2D eigenvalue weighted by atomic mass is 10.2. The molecule has 1 atom stereocenters. The molecule has 0 aliphatic heterocycles. The highest BCUT2D eigenvalue weighted by Crippen LogP contribution is 2.11. The Morgan fingerprint density at radius 1 is 1.47 bits per heavy atom. The normalized spacial score (nSPS) is 12.5. The summed E-state index contributed by atoms with van der Waals surface area (Å²) in [5.41, 5.74) is 0.263. The molecule has 1 N–H and O–H groups in total. The van der Waals surface area contributed by atoms with E-state index in [1.807, 2.05) is 0 Å². The largest absolute Gasteiger partial charge is 0.480 e. The van der Waals surface area contributed by atoms with Crippen LogP contribution in [-0.4, -0.2) is 20.6 Å². The number of hydrogen-bond donors (Lipinski definition) is 1. The topological polar surface area (TPSA) is 72.2 Å². The molecular formula is C12H12N2O3. The molecule has 1 unspecified atom stereocenters. The summed E-state index contributed by atoms with van der Waals surface area (Å²) in [4.78, 5) is 27.2. The summed E-state index contributed by atoms with van der Waals surface area (Å²) in [6, 6.07) is 6.03. The van der Waals surface area contributed by atoms with E-state index in [4.69, 9.17) is 5.11 Å². The van der Waals surface area contributed by atoms with Crippen LogP contribution in [0.4, 0.5) is 0 Å². The molecule has 0 bridgehead atoms. The zero-order chi connectivity index (χ0) is 12.4. The summed E-state index contributed by atoms with van der Waals surface area (Å²) in [5, 5.41) is 9.48. The molecule has 0 amide bonds. The van der Waals surface area contributed by atoms with Crippen LogP contribution in [0.5, 0.6) is 0 Å². The van der Waals surface area contributed by atoms with Crippen LogP contribution in [0.15, 0.2) is 35.4 Å². The SMILES string of the molecule is CCC(C(=O)O)n1cnc2ccccc2c1=O. The van der Waals surface area contributed by atoms with E-state index < -0.39 is 12.0 Å². The van der Waals surface area contributed by atoms with Gasteiger partial charge < -0.3 is 5.11 Å². The van der Waals surface area contributed by atoms with Crippen LogP contribution in [0, 0.1) is 0 Å². The van der Waals surface area contributed by atoms with E-state index in [-0.39, 0.29) is 5.56 Å². The van der Waals surface area contributed by atoms with Gasteiger partial charge in [0.05, 0.1) is 17.2 Å². The Labute approximate surface area is 97.3 Å². The molecule has 0 aliphatic rings. The van der Waals surface area contributed by atoms with Crippen LogP contribution in [-0.2, 0) is 4.79 Å². The molecule has 0 fully saturated rings. The fraction of sp³-hybridized carbons (Fsp3) is 0.250. The molecule has 1 aromatic heterocycles. The van der Waals surface area contributed by atoms with E-state index in [0.717, 1.165) is 0 Å². The number of benzene rings is 1. The summed E-state index contributed by atoms with van der Waals surface area (Å²) in [7, 11) is 0. The molecule has 88 valence electrons. The Bertz CT molecular complexity index is 618. The molecule has 0 spiro atoms. The highest BCUT2D eigenvalue weighted by molar-refractivity contribution is 5.78. The zero-order valence-corrected chi connectivity index (χ0v) is 9.33. The monoisotopic (exact) mass is 232 g/mol. The molecule has 17 heavy (non-hydrogen) atoms. The van der Waals surface area contributed by atoms with Gasteiger partial charge in [-0.2, -0.15) is 0 Å². The van der Waals surface area contributed by atoms with E-state index in [2.05, 4.69) is 4.98 Å². The first-order valence-corrected chi connectivity index (χ1v) is 5.34. The van der Waals surface area contributed by atoms with E-state index in [1.165, 1.54) is 10.9 Å². The van der Waals surface area contributed by atoms with Gasteiger partial charge in [-0.15, -0.1) is 0 Å². The van der Waals surface area contributed by atoms with Gasteiger partial charge in [-0.3, -0.25) is 9.36 Å². The Morgan fingerprint density at radius 3 is 2.82 bits per heavy atom. The quantitative estimate of drug-likeness (QED) is 0.868. The van der Waals surface area contributed by atoms with Crippen molar-refractivity contribution in [2.24, 2.45) is 0 Å². The number of fused-ring (bicyclic) bond motifs is 1. The number of aromatic nitrogens is 2. The van der Waals surface area contributed by atoms with E-state index in [1.54, 1.807) is 31.2 Å². The fourth-order valence-electron chi connectivity index (χ4n) is 1.80. The average molecular weight is 232 g/mol. The Kier molecular flexibility index (Phi) is 2.91. The Hall–Kier alpha value is -2.17. The number of carboxylic acids is 1. The molecular weight excluding hydrogens is 220 g/mol.